The molecule has 68 valence electrons. The second-order valence-electron chi connectivity index (χ2n) is 2.85. The van der Waals surface area contributed by atoms with Crippen LogP contribution in [0.5, 0.6) is 0 Å². The zero-order valence-corrected chi connectivity index (χ0v) is 7.76. The molecule has 0 unspecified atom stereocenters. The molecule has 0 aromatic carbocycles. The van der Waals surface area contributed by atoms with E-state index in [0.29, 0.717) is 6.54 Å². The third-order valence-corrected chi connectivity index (χ3v) is 1.71. The van der Waals surface area contributed by atoms with Crippen molar-refractivity contribution in [1.82, 2.24) is 10.3 Å². The van der Waals surface area contributed by atoms with Gasteiger partial charge in [0.25, 0.3) is 0 Å². The molecule has 1 aromatic rings. The van der Waals surface area contributed by atoms with Crippen LogP contribution in [0.3, 0.4) is 0 Å². The zero-order valence-electron chi connectivity index (χ0n) is 7.76. The Balaban J connectivity index is 2.41. The van der Waals surface area contributed by atoms with Crippen LogP contribution < -0.4 is 5.32 Å². The van der Waals surface area contributed by atoms with Crippen molar-refractivity contribution in [3.8, 4) is 0 Å². The number of rotatable bonds is 5. The third kappa shape index (κ3) is 2.66. The van der Waals surface area contributed by atoms with Gasteiger partial charge in [-0.2, -0.15) is 0 Å². The molecule has 3 heteroatoms. The first kappa shape index (κ1) is 9.26. The minimum atomic E-state index is 0.714. The summed E-state index contributed by atoms with van der Waals surface area (Å²) < 4.78 is 5.45. The van der Waals surface area contributed by atoms with Gasteiger partial charge in [-0.25, -0.2) is 4.98 Å². The lowest BCUT2D eigenvalue weighted by atomic mass is 10.2. The summed E-state index contributed by atoms with van der Waals surface area (Å²) in [4.78, 5) is 4.13. The van der Waals surface area contributed by atoms with Gasteiger partial charge in [-0.1, -0.05) is 13.3 Å². The molecular formula is C9H16N2O. The van der Waals surface area contributed by atoms with Gasteiger partial charge in [-0.3, -0.25) is 0 Å². The number of oxazole rings is 1. The summed E-state index contributed by atoms with van der Waals surface area (Å²) in [6.07, 6.45) is 5.20. The van der Waals surface area contributed by atoms with Crippen molar-refractivity contribution in [3.05, 3.63) is 17.8 Å². The highest BCUT2D eigenvalue weighted by Gasteiger charge is 2.01. The Hall–Kier alpha value is -0.830. The number of unbranched alkanes of at least 4 members (excludes halogenated alkanes) is 1. The maximum absolute atomic E-state index is 5.45. The second kappa shape index (κ2) is 4.93. The van der Waals surface area contributed by atoms with Crippen LogP contribution in [0.15, 0.2) is 10.6 Å². The fraction of sp³-hybridized carbons (Fsp3) is 0.667. The van der Waals surface area contributed by atoms with Crippen molar-refractivity contribution >= 4 is 0 Å². The molecular weight excluding hydrogens is 152 g/mol. The molecule has 0 aliphatic heterocycles. The van der Waals surface area contributed by atoms with Gasteiger partial charge in [0.15, 0.2) is 0 Å². The van der Waals surface area contributed by atoms with E-state index in [0.717, 1.165) is 18.1 Å². The SMILES string of the molecule is CCCCc1cnc(CNC)o1. The fourth-order valence-electron chi connectivity index (χ4n) is 1.05. The Bertz CT molecular complexity index is 220. The smallest absolute Gasteiger partial charge is 0.208 e. The maximum Gasteiger partial charge on any atom is 0.208 e. The van der Waals surface area contributed by atoms with Crippen LogP contribution in [0.2, 0.25) is 0 Å². The van der Waals surface area contributed by atoms with Gasteiger partial charge in [0.1, 0.15) is 5.76 Å². The van der Waals surface area contributed by atoms with Gasteiger partial charge in [-0.05, 0) is 13.5 Å². The van der Waals surface area contributed by atoms with E-state index < -0.39 is 0 Å². The van der Waals surface area contributed by atoms with Crippen LogP contribution in [-0.4, -0.2) is 12.0 Å². The number of nitrogens with zero attached hydrogens (tertiary/aromatic N) is 1. The molecule has 12 heavy (non-hydrogen) atoms. The van der Waals surface area contributed by atoms with E-state index in [1.807, 2.05) is 13.2 Å². The van der Waals surface area contributed by atoms with Gasteiger partial charge >= 0.3 is 0 Å². The van der Waals surface area contributed by atoms with Crippen molar-refractivity contribution in [2.75, 3.05) is 7.05 Å². The lowest BCUT2D eigenvalue weighted by molar-refractivity contribution is 0.439. The van der Waals surface area contributed by atoms with E-state index in [4.69, 9.17) is 4.42 Å². The van der Waals surface area contributed by atoms with Crippen LogP contribution in [0.4, 0.5) is 0 Å². The average Bonchev–Trinajstić information content (AvgIpc) is 2.50. The van der Waals surface area contributed by atoms with Crippen molar-refractivity contribution in [2.24, 2.45) is 0 Å². The molecule has 0 radical (unpaired) electrons. The molecule has 0 aliphatic carbocycles. The molecule has 1 N–H and O–H groups in total. The van der Waals surface area contributed by atoms with Gasteiger partial charge in [0.05, 0.1) is 12.7 Å². The summed E-state index contributed by atoms with van der Waals surface area (Å²) in [5.41, 5.74) is 0. The highest BCUT2D eigenvalue weighted by atomic mass is 16.4. The quantitative estimate of drug-likeness (QED) is 0.727. The van der Waals surface area contributed by atoms with E-state index in [2.05, 4.69) is 17.2 Å². The molecule has 0 aliphatic rings. The standard InChI is InChI=1S/C9H16N2O/c1-3-4-5-8-6-11-9(12-8)7-10-2/h6,10H,3-5,7H2,1-2H3. The number of hydrogen-bond donors (Lipinski definition) is 1. The Morgan fingerprint density at radius 1 is 1.58 bits per heavy atom. The predicted molar refractivity (Wildman–Crippen MR) is 47.9 cm³/mol. The number of nitrogens with one attached hydrogen (secondary N) is 1. The molecule has 3 nitrogen and oxygen atoms in total. The Morgan fingerprint density at radius 3 is 3.08 bits per heavy atom. The minimum Gasteiger partial charge on any atom is -0.444 e. The molecule has 0 saturated carbocycles. The summed E-state index contributed by atoms with van der Waals surface area (Å²) >= 11 is 0. The maximum atomic E-state index is 5.45. The molecule has 0 atom stereocenters. The Kier molecular flexibility index (Phi) is 3.80. The molecule has 0 bridgehead atoms. The number of hydrogen-bond acceptors (Lipinski definition) is 3. The monoisotopic (exact) mass is 168 g/mol. The van der Waals surface area contributed by atoms with E-state index in [-0.39, 0.29) is 0 Å². The van der Waals surface area contributed by atoms with Crippen LogP contribution >= 0.6 is 0 Å². The Labute approximate surface area is 73.2 Å². The van der Waals surface area contributed by atoms with E-state index in [1.165, 1.54) is 12.8 Å². The molecule has 1 rings (SSSR count). The number of aromatic nitrogens is 1. The lowest BCUT2D eigenvalue weighted by Gasteiger charge is -1.92. The van der Waals surface area contributed by atoms with E-state index >= 15 is 0 Å². The second-order valence-corrected chi connectivity index (χ2v) is 2.85. The van der Waals surface area contributed by atoms with Gasteiger partial charge < -0.3 is 9.73 Å². The summed E-state index contributed by atoms with van der Waals surface area (Å²) in [5.74, 6) is 1.78. The van der Waals surface area contributed by atoms with Crippen LogP contribution in [0, 0.1) is 0 Å². The number of aryl methyl sites for hydroxylation is 1. The molecule has 0 amide bonds. The highest BCUT2D eigenvalue weighted by Crippen LogP contribution is 2.06. The van der Waals surface area contributed by atoms with E-state index in [9.17, 15) is 0 Å². The van der Waals surface area contributed by atoms with E-state index in [1.54, 1.807) is 0 Å². The van der Waals surface area contributed by atoms with Crippen LogP contribution in [0.25, 0.3) is 0 Å². The summed E-state index contributed by atoms with van der Waals surface area (Å²) in [6, 6.07) is 0. The zero-order chi connectivity index (χ0) is 8.81. The Morgan fingerprint density at radius 2 is 2.42 bits per heavy atom. The molecule has 0 spiro atoms. The normalized spacial score (nSPS) is 10.5. The fourth-order valence-corrected chi connectivity index (χ4v) is 1.05. The first-order chi connectivity index (χ1) is 5.86. The van der Waals surface area contributed by atoms with Crippen molar-refractivity contribution in [3.63, 3.8) is 0 Å². The highest BCUT2D eigenvalue weighted by molar-refractivity contribution is 4.93. The van der Waals surface area contributed by atoms with Gasteiger partial charge in [0, 0.05) is 6.42 Å². The summed E-state index contributed by atoms with van der Waals surface area (Å²) in [6.45, 7) is 2.89. The third-order valence-electron chi connectivity index (χ3n) is 1.71. The van der Waals surface area contributed by atoms with Gasteiger partial charge in [-0.15, -0.1) is 0 Å². The topological polar surface area (TPSA) is 38.1 Å². The van der Waals surface area contributed by atoms with Gasteiger partial charge in [0.2, 0.25) is 5.89 Å². The predicted octanol–water partition coefficient (Wildman–Crippen LogP) is 1.74. The molecule has 0 saturated heterocycles. The molecule has 1 aromatic heterocycles. The van der Waals surface area contributed by atoms with Crippen molar-refractivity contribution in [1.29, 1.82) is 0 Å². The van der Waals surface area contributed by atoms with Crippen LogP contribution in [-0.2, 0) is 13.0 Å². The summed E-state index contributed by atoms with van der Waals surface area (Å²) in [5, 5.41) is 3.00. The molecule has 1 heterocycles. The van der Waals surface area contributed by atoms with Crippen LogP contribution in [0.1, 0.15) is 31.4 Å². The minimum absolute atomic E-state index is 0.714. The van der Waals surface area contributed by atoms with Crippen molar-refractivity contribution in [2.45, 2.75) is 32.7 Å². The first-order valence-corrected chi connectivity index (χ1v) is 4.45. The lowest BCUT2D eigenvalue weighted by Crippen LogP contribution is -2.04. The molecule has 0 fully saturated rings. The van der Waals surface area contributed by atoms with Crippen molar-refractivity contribution < 1.29 is 4.42 Å². The summed E-state index contributed by atoms with van der Waals surface area (Å²) in [7, 11) is 1.88. The average molecular weight is 168 g/mol. The first-order valence-electron chi connectivity index (χ1n) is 4.45. The largest absolute Gasteiger partial charge is 0.444 e.